The molecule has 2 aliphatic carbocycles. The Morgan fingerprint density at radius 1 is 1.17 bits per heavy atom. The average Bonchev–Trinajstić information content (AvgIpc) is 2.41. The van der Waals surface area contributed by atoms with Crippen LogP contribution in [0.1, 0.15) is 71.6 Å². The lowest BCUT2D eigenvalue weighted by Gasteiger charge is -2.37. The van der Waals surface area contributed by atoms with Crippen molar-refractivity contribution in [3.8, 4) is 0 Å². The van der Waals surface area contributed by atoms with E-state index < -0.39 is 5.60 Å². The number of hydrogen-bond acceptors (Lipinski definition) is 2. The second-order valence-electron chi connectivity index (χ2n) is 6.93. The van der Waals surface area contributed by atoms with E-state index in [-0.39, 0.29) is 0 Å². The van der Waals surface area contributed by atoms with Crippen molar-refractivity contribution in [2.75, 3.05) is 6.54 Å². The van der Waals surface area contributed by atoms with Gasteiger partial charge in [-0.15, -0.1) is 0 Å². The lowest BCUT2D eigenvalue weighted by Crippen LogP contribution is -2.47. The lowest BCUT2D eigenvalue weighted by molar-refractivity contribution is -0.00961. The van der Waals surface area contributed by atoms with Crippen molar-refractivity contribution in [1.29, 1.82) is 0 Å². The van der Waals surface area contributed by atoms with Crippen LogP contribution in [0.15, 0.2) is 0 Å². The maximum absolute atomic E-state index is 10.6. The summed E-state index contributed by atoms with van der Waals surface area (Å²) in [5.41, 5.74) is -0.411. The summed E-state index contributed by atoms with van der Waals surface area (Å²) in [6.07, 6.45) is 11.1. The standard InChI is InChI=1S/C16H31NO/c1-3-14-5-4-6-15(11-14)17-12-16(18)9-7-13(2)8-10-16/h13-15,17-18H,3-12H2,1-2H3. The highest BCUT2D eigenvalue weighted by Gasteiger charge is 2.32. The molecule has 0 bridgehead atoms. The van der Waals surface area contributed by atoms with E-state index in [0.29, 0.717) is 6.04 Å². The zero-order valence-corrected chi connectivity index (χ0v) is 12.3. The van der Waals surface area contributed by atoms with E-state index in [1.807, 2.05) is 0 Å². The summed E-state index contributed by atoms with van der Waals surface area (Å²) in [7, 11) is 0. The lowest BCUT2D eigenvalue weighted by atomic mass is 9.79. The van der Waals surface area contributed by atoms with Crippen LogP contribution in [0.4, 0.5) is 0 Å². The monoisotopic (exact) mass is 253 g/mol. The van der Waals surface area contributed by atoms with Crippen molar-refractivity contribution in [2.45, 2.75) is 83.3 Å². The van der Waals surface area contributed by atoms with Gasteiger partial charge in [-0.3, -0.25) is 0 Å². The molecule has 2 N–H and O–H groups in total. The van der Waals surface area contributed by atoms with Crippen LogP contribution in [0, 0.1) is 11.8 Å². The van der Waals surface area contributed by atoms with Gasteiger partial charge in [0.05, 0.1) is 5.60 Å². The Labute approximate surface area is 113 Å². The summed E-state index contributed by atoms with van der Waals surface area (Å²) in [5, 5.41) is 14.2. The molecule has 2 atom stereocenters. The fourth-order valence-electron chi connectivity index (χ4n) is 3.66. The zero-order chi connectivity index (χ0) is 13.0. The first-order valence-electron chi connectivity index (χ1n) is 8.07. The van der Waals surface area contributed by atoms with Crippen LogP contribution in [0.3, 0.4) is 0 Å². The number of aliphatic hydroxyl groups is 1. The van der Waals surface area contributed by atoms with Gasteiger partial charge in [0, 0.05) is 12.6 Å². The van der Waals surface area contributed by atoms with Gasteiger partial charge in [0.1, 0.15) is 0 Å². The second kappa shape index (κ2) is 6.38. The number of hydrogen-bond donors (Lipinski definition) is 2. The Morgan fingerprint density at radius 3 is 2.56 bits per heavy atom. The molecular weight excluding hydrogens is 222 g/mol. The van der Waals surface area contributed by atoms with Crippen molar-refractivity contribution in [2.24, 2.45) is 11.8 Å². The molecule has 2 rings (SSSR count). The first-order chi connectivity index (χ1) is 8.61. The first kappa shape index (κ1) is 14.3. The third kappa shape index (κ3) is 3.96. The van der Waals surface area contributed by atoms with E-state index in [9.17, 15) is 5.11 Å². The topological polar surface area (TPSA) is 32.3 Å². The molecule has 0 radical (unpaired) electrons. The van der Waals surface area contributed by atoms with E-state index in [4.69, 9.17) is 0 Å². The van der Waals surface area contributed by atoms with Gasteiger partial charge in [-0.25, -0.2) is 0 Å². The van der Waals surface area contributed by atoms with Crippen LogP contribution in [0.5, 0.6) is 0 Å². The van der Waals surface area contributed by atoms with E-state index in [1.165, 1.54) is 44.9 Å². The molecule has 2 heteroatoms. The van der Waals surface area contributed by atoms with Crippen molar-refractivity contribution in [3.63, 3.8) is 0 Å². The van der Waals surface area contributed by atoms with Gasteiger partial charge in [0.25, 0.3) is 0 Å². The molecule has 0 aromatic rings. The first-order valence-corrected chi connectivity index (χ1v) is 8.07. The Morgan fingerprint density at radius 2 is 1.89 bits per heavy atom. The predicted octanol–water partition coefficient (Wildman–Crippen LogP) is 3.49. The molecule has 2 aliphatic rings. The Bertz CT molecular complexity index is 245. The third-order valence-corrected chi connectivity index (χ3v) is 5.28. The molecule has 0 amide bonds. The summed E-state index contributed by atoms with van der Waals surface area (Å²) in [5.74, 6) is 1.72. The van der Waals surface area contributed by atoms with E-state index in [2.05, 4.69) is 19.2 Å². The molecule has 0 saturated heterocycles. The van der Waals surface area contributed by atoms with Crippen LogP contribution in [-0.2, 0) is 0 Å². The maximum atomic E-state index is 10.6. The molecule has 106 valence electrons. The molecule has 2 saturated carbocycles. The van der Waals surface area contributed by atoms with Crippen LogP contribution in [0.25, 0.3) is 0 Å². The highest BCUT2D eigenvalue weighted by atomic mass is 16.3. The highest BCUT2D eigenvalue weighted by Crippen LogP contribution is 2.32. The fraction of sp³-hybridized carbons (Fsp3) is 1.00. The van der Waals surface area contributed by atoms with Crippen molar-refractivity contribution in [3.05, 3.63) is 0 Å². The molecule has 0 heterocycles. The van der Waals surface area contributed by atoms with Gasteiger partial charge in [-0.1, -0.05) is 33.1 Å². The van der Waals surface area contributed by atoms with Crippen molar-refractivity contribution < 1.29 is 5.11 Å². The summed E-state index contributed by atoms with van der Waals surface area (Å²) in [6.45, 7) is 5.43. The summed E-state index contributed by atoms with van der Waals surface area (Å²) >= 11 is 0. The average molecular weight is 253 g/mol. The smallest absolute Gasteiger partial charge is 0.0771 e. The van der Waals surface area contributed by atoms with E-state index in [1.54, 1.807) is 0 Å². The number of nitrogens with one attached hydrogen (secondary N) is 1. The van der Waals surface area contributed by atoms with Gasteiger partial charge < -0.3 is 10.4 Å². The van der Waals surface area contributed by atoms with Crippen LogP contribution in [-0.4, -0.2) is 23.3 Å². The normalized spacial score (nSPS) is 41.8. The largest absolute Gasteiger partial charge is 0.389 e. The summed E-state index contributed by atoms with van der Waals surface area (Å²) in [4.78, 5) is 0. The minimum absolute atomic E-state index is 0.411. The van der Waals surface area contributed by atoms with Crippen LogP contribution in [0.2, 0.25) is 0 Å². The maximum Gasteiger partial charge on any atom is 0.0771 e. The molecular formula is C16H31NO. The molecule has 2 nitrogen and oxygen atoms in total. The quantitative estimate of drug-likeness (QED) is 0.804. The van der Waals surface area contributed by atoms with Gasteiger partial charge >= 0.3 is 0 Å². The molecule has 0 aromatic heterocycles. The highest BCUT2D eigenvalue weighted by molar-refractivity contribution is 4.88. The summed E-state index contributed by atoms with van der Waals surface area (Å²) < 4.78 is 0. The molecule has 2 fully saturated rings. The summed E-state index contributed by atoms with van der Waals surface area (Å²) in [6, 6.07) is 0.659. The zero-order valence-electron chi connectivity index (χ0n) is 12.3. The Kier molecular flexibility index (Phi) is 5.08. The molecule has 18 heavy (non-hydrogen) atoms. The van der Waals surface area contributed by atoms with Gasteiger partial charge in [0.15, 0.2) is 0 Å². The minimum Gasteiger partial charge on any atom is -0.389 e. The van der Waals surface area contributed by atoms with Gasteiger partial charge in [0.2, 0.25) is 0 Å². The van der Waals surface area contributed by atoms with Crippen molar-refractivity contribution >= 4 is 0 Å². The minimum atomic E-state index is -0.411. The predicted molar refractivity (Wildman–Crippen MR) is 76.6 cm³/mol. The van der Waals surface area contributed by atoms with Gasteiger partial charge in [-0.05, 0) is 50.4 Å². The van der Waals surface area contributed by atoms with Gasteiger partial charge in [-0.2, -0.15) is 0 Å². The molecule has 2 unspecified atom stereocenters. The third-order valence-electron chi connectivity index (χ3n) is 5.28. The SMILES string of the molecule is CCC1CCCC(NCC2(O)CCC(C)CC2)C1. The molecule has 0 aromatic carbocycles. The van der Waals surface area contributed by atoms with E-state index in [0.717, 1.165) is 31.2 Å². The van der Waals surface area contributed by atoms with E-state index >= 15 is 0 Å². The second-order valence-corrected chi connectivity index (χ2v) is 6.93. The fourth-order valence-corrected chi connectivity index (χ4v) is 3.66. The number of rotatable bonds is 4. The molecule has 0 aliphatic heterocycles. The van der Waals surface area contributed by atoms with Crippen LogP contribution < -0.4 is 5.32 Å². The Hall–Kier alpha value is -0.0800. The van der Waals surface area contributed by atoms with Crippen molar-refractivity contribution in [1.82, 2.24) is 5.32 Å². The van der Waals surface area contributed by atoms with Crippen LogP contribution >= 0.6 is 0 Å². The molecule has 0 spiro atoms. The Balaban J connectivity index is 1.73.